The van der Waals surface area contributed by atoms with Gasteiger partial charge in [0.25, 0.3) is 0 Å². The Morgan fingerprint density at radius 1 is 1.29 bits per heavy atom. The largest absolute Gasteiger partial charge is 0.494 e. The summed E-state index contributed by atoms with van der Waals surface area (Å²) in [5, 5.41) is 0. The molecule has 0 fully saturated rings. The Kier molecular flexibility index (Phi) is 3.50. The molecule has 0 saturated carbocycles. The number of halogens is 3. The number of ether oxygens (including phenoxy) is 2. The van der Waals surface area contributed by atoms with Crippen molar-refractivity contribution in [3.63, 3.8) is 0 Å². The highest BCUT2D eigenvalue weighted by Crippen LogP contribution is 2.36. The number of carbonyl (C=O) groups is 1. The maximum Gasteiger partial charge on any atom is 0.416 e. The number of esters is 1. The first-order chi connectivity index (χ1) is 7.81. The van der Waals surface area contributed by atoms with Gasteiger partial charge in [-0.3, -0.25) is 0 Å². The molecule has 0 radical (unpaired) electrons. The van der Waals surface area contributed by atoms with Crippen molar-refractivity contribution in [2.75, 3.05) is 20.0 Å². The van der Waals surface area contributed by atoms with E-state index < -0.39 is 17.7 Å². The Labute approximate surface area is 95.1 Å². The van der Waals surface area contributed by atoms with Gasteiger partial charge >= 0.3 is 12.1 Å². The lowest BCUT2D eigenvalue weighted by atomic mass is 10.1. The molecule has 7 heteroatoms. The number of alkyl halides is 3. The molecule has 94 valence electrons. The predicted molar refractivity (Wildman–Crippen MR) is 53.7 cm³/mol. The molecule has 0 atom stereocenters. The highest BCUT2D eigenvalue weighted by Gasteiger charge is 2.33. The fraction of sp³-hybridized carbons (Fsp3) is 0.300. The van der Waals surface area contributed by atoms with Gasteiger partial charge < -0.3 is 15.2 Å². The third-order valence-corrected chi connectivity index (χ3v) is 2.05. The number of carbonyl (C=O) groups excluding carboxylic acids is 1. The summed E-state index contributed by atoms with van der Waals surface area (Å²) in [5.41, 5.74) is 3.72. The van der Waals surface area contributed by atoms with E-state index in [4.69, 9.17) is 10.5 Å². The molecule has 0 spiro atoms. The van der Waals surface area contributed by atoms with Gasteiger partial charge in [0.05, 0.1) is 25.5 Å². The number of nitrogen functional groups attached to an aromatic ring is 1. The van der Waals surface area contributed by atoms with Crippen molar-refractivity contribution >= 4 is 11.7 Å². The Bertz CT molecular complexity index is 443. The average Bonchev–Trinajstić information content (AvgIpc) is 2.25. The van der Waals surface area contributed by atoms with E-state index in [2.05, 4.69) is 4.74 Å². The second kappa shape index (κ2) is 4.52. The molecule has 1 aromatic rings. The smallest absolute Gasteiger partial charge is 0.416 e. The van der Waals surface area contributed by atoms with Crippen molar-refractivity contribution in [3.05, 3.63) is 23.3 Å². The minimum Gasteiger partial charge on any atom is -0.494 e. The molecule has 0 aliphatic heterocycles. The van der Waals surface area contributed by atoms with Crippen LogP contribution in [0.5, 0.6) is 5.75 Å². The van der Waals surface area contributed by atoms with Crippen molar-refractivity contribution in [2.24, 2.45) is 0 Å². The second-order valence-electron chi connectivity index (χ2n) is 3.14. The molecule has 0 bridgehead atoms. The second-order valence-corrected chi connectivity index (χ2v) is 3.14. The van der Waals surface area contributed by atoms with Gasteiger partial charge in [0.15, 0.2) is 5.75 Å². The molecule has 0 aliphatic carbocycles. The van der Waals surface area contributed by atoms with Crippen LogP contribution >= 0.6 is 0 Å². The fourth-order valence-electron chi connectivity index (χ4n) is 1.30. The van der Waals surface area contributed by atoms with Crippen LogP contribution in [0.25, 0.3) is 0 Å². The van der Waals surface area contributed by atoms with Crippen molar-refractivity contribution in [1.29, 1.82) is 0 Å². The first kappa shape index (κ1) is 13.1. The van der Waals surface area contributed by atoms with Crippen LogP contribution in [0, 0.1) is 0 Å². The Morgan fingerprint density at radius 3 is 2.29 bits per heavy atom. The lowest BCUT2D eigenvalue weighted by Crippen LogP contribution is -2.12. The number of anilines is 1. The van der Waals surface area contributed by atoms with Crippen molar-refractivity contribution in [2.45, 2.75) is 6.18 Å². The molecular formula is C10H10F3NO3. The van der Waals surface area contributed by atoms with E-state index >= 15 is 0 Å². The zero-order valence-corrected chi connectivity index (χ0v) is 9.09. The van der Waals surface area contributed by atoms with Gasteiger partial charge in [-0.2, -0.15) is 13.2 Å². The molecule has 0 heterocycles. The first-order valence-corrected chi connectivity index (χ1v) is 4.44. The third kappa shape index (κ3) is 2.61. The van der Waals surface area contributed by atoms with E-state index in [1.54, 1.807) is 0 Å². The Morgan fingerprint density at radius 2 is 1.88 bits per heavy atom. The van der Waals surface area contributed by atoms with E-state index in [1.165, 1.54) is 7.11 Å². The molecule has 2 N–H and O–H groups in total. The number of nitrogens with two attached hydrogens (primary N) is 1. The van der Waals surface area contributed by atoms with Gasteiger partial charge in [0.2, 0.25) is 0 Å². The summed E-state index contributed by atoms with van der Waals surface area (Å²) < 4.78 is 46.6. The van der Waals surface area contributed by atoms with Gasteiger partial charge in [0, 0.05) is 0 Å². The van der Waals surface area contributed by atoms with Gasteiger partial charge in [-0.15, -0.1) is 0 Å². The zero-order valence-electron chi connectivity index (χ0n) is 9.09. The number of hydrogen-bond donors (Lipinski definition) is 1. The molecule has 0 unspecified atom stereocenters. The van der Waals surface area contributed by atoms with Crippen molar-refractivity contribution in [1.82, 2.24) is 0 Å². The summed E-state index contributed by atoms with van der Waals surface area (Å²) in [5.74, 6) is -1.08. The maximum absolute atomic E-state index is 12.5. The van der Waals surface area contributed by atoms with E-state index in [9.17, 15) is 18.0 Å². The molecule has 1 rings (SSSR count). The van der Waals surface area contributed by atoms with Crippen LogP contribution in [0.4, 0.5) is 18.9 Å². The molecule has 0 amide bonds. The van der Waals surface area contributed by atoms with Gasteiger partial charge in [-0.25, -0.2) is 4.79 Å². The standard InChI is InChI=1S/C10H10F3NO3/c1-16-8-6(9(15)17-2)3-5(4-7(8)14)10(11,12)13/h3-4H,14H2,1-2H3. The molecule has 0 aliphatic rings. The third-order valence-electron chi connectivity index (χ3n) is 2.05. The highest BCUT2D eigenvalue weighted by atomic mass is 19.4. The lowest BCUT2D eigenvalue weighted by Gasteiger charge is -2.13. The quantitative estimate of drug-likeness (QED) is 0.644. The highest BCUT2D eigenvalue weighted by molar-refractivity contribution is 5.95. The summed E-state index contributed by atoms with van der Waals surface area (Å²) in [7, 11) is 2.25. The number of hydrogen-bond acceptors (Lipinski definition) is 4. The zero-order chi connectivity index (χ0) is 13.2. The van der Waals surface area contributed by atoms with Crippen LogP contribution in [-0.4, -0.2) is 20.2 Å². The SMILES string of the molecule is COC(=O)c1cc(C(F)(F)F)cc(N)c1OC. The summed E-state index contributed by atoms with van der Waals surface area (Å²) in [6.07, 6.45) is -4.59. The van der Waals surface area contributed by atoms with E-state index in [0.717, 1.165) is 7.11 Å². The van der Waals surface area contributed by atoms with Gasteiger partial charge in [-0.05, 0) is 12.1 Å². The van der Waals surface area contributed by atoms with Crippen LogP contribution in [0.1, 0.15) is 15.9 Å². The Balaban J connectivity index is 3.44. The Hall–Kier alpha value is -1.92. The summed E-state index contributed by atoms with van der Waals surface area (Å²) >= 11 is 0. The first-order valence-electron chi connectivity index (χ1n) is 4.44. The van der Waals surface area contributed by atoms with Crippen LogP contribution in [0.3, 0.4) is 0 Å². The number of rotatable bonds is 2. The predicted octanol–water partition coefficient (Wildman–Crippen LogP) is 2.08. The number of benzene rings is 1. The molecule has 4 nitrogen and oxygen atoms in total. The minimum atomic E-state index is -4.59. The molecule has 17 heavy (non-hydrogen) atoms. The van der Waals surface area contributed by atoms with Crippen LogP contribution in [-0.2, 0) is 10.9 Å². The minimum absolute atomic E-state index is 0.134. The summed E-state index contributed by atoms with van der Waals surface area (Å²) in [6.45, 7) is 0. The van der Waals surface area contributed by atoms with Gasteiger partial charge in [0.1, 0.15) is 5.56 Å². The van der Waals surface area contributed by atoms with E-state index in [-0.39, 0.29) is 17.0 Å². The summed E-state index contributed by atoms with van der Waals surface area (Å²) in [4.78, 5) is 11.3. The van der Waals surface area contributed by atoms with Crippen molar-refractivity contribution in [3.8, 4) is 5.75 Å². The van der Waals surface area contributed by atoms with E-state index in [1.807, 2.05) is 0 Å². The topological polar surface area (TPSA) is 61.5 Å². The maximum atomic E-state index is 12.5. The normalized spacial score (nSPS) is 11.1. The lowest BCUT2D eigenvalue weighted by molar-refractivity contribution is -0.137. The fourth-order valence-corrected chi connectivity index (χ4v) is 1.30. The average molecular weight is 249 g/mol. The molecule has 0 saturated heterocycles. The van der Waals surface area contributed by atoms with Gasteiger partial charge in [-0.1, -0.05) is 0 Å². The molecule has 0 aromatic heterocycles. The monoisotopic (exact) mass is 249 g/mol. The van der Waals surface area contributed by atoms with Crippen LogP contribution < -0.4 is 10.5 Å². The molecule has 1 aromatic carbocycles. The summed E-state index contributed by atoms with van der Waals surface area (Å²) in [6, 6.07) is 1.34. The van der Waals surface area contributed by atoms with Crippen LogP contribution in [0.2, 0.25) is 0 Å². The van der Waals surface area contributed by atoms with E-state index in [0.29, 0.717) is 12.1 Å². The molecular weight excluding hydrogens is 239 g/mol. The number of methoxy groups -OCH3 is 2. The van der Waals surface area contributed by atoms with Crippen molar-refractivity contribution < 1.29 is 27.4 Å². The van der Waals surface area contributed by atoms with Crippen LogP contribution in [0.15, 0.2) is 12.1 Å².